The van der Waals surface area contributed by atoms with Crippen molar-refractivity contribution < 1.29 is 22.7 Å². The van der Waals surface area contributed by atoms with E-state index >= 15 is 0 Å². The third kappa shape index (κ3) is 3.69. The summed E-state index contributed by atoms with van der Waals surface area (Å²) in [4.78, 5) is 15.8. The summed E-state index contributed by atoms with van der Waals surface area (Å²) in [5, 5.41) is 0. The van der Waals surface area contributed by atoms with Crippen LogP contribution in [0.1, 0.15) is 58.3 Å². The van der Waals surface area contributed by atoms with Gasteiger partial charge in [-0.25, -0.2) is 13.1 Å². The van der Waals surface area contributed by atoms with E-state index in [0.29, 0.717) is 37.4 Å². The molecule has 1 N–H and O–H groups in total. The molecule has 5 rings (SSSR count). The maximum Gasteiger partial charge on any atom is 0.254 e. The number of fused-ring (bicyclic) bond motifs is 3. The van der Waals surface area contributed by atoms with Gasteiger partial charge >= 0.3 is 0 Å². The highest BCUT2D eigenvalue weighted by Crippen LogP contribution is 2.49. The number of hydrogen-bond acceptors (Lipinski definition) is 5. The maximum absolute atomic E-state index is 13.7. The molecule has 0 unspecified atom stereocenters. The number of amides is 1. The molecule has 0 atom stereocenters. The van der Waals surface area contributed by atoms with E-state index in [1.165, 1.54) is 18.7 Å². The number of benzene rings is 2. The molecule has 0 bridgehead atoms. The molecule has 3 aliphatic rings. The second-order valence-corrected chi connectivity index (χ2v) is 11.3. The zero-order valence-corrected chi connectivity index (χ0v) is 20.2. The summed E-state index contributed by atoms with van der Waals surface area (Å²) in [5.41, 5.74) is 4.10. The van der Waals surface area contributed by atoms with Gasteiger partial charge in [0.05, 0.1) is 4.90 Å². The number of carbonyl (C=O) groups is 1. The molecular formula is C25H30N2O5S. The molecule has 2 aromatic carbocycles. The highest BCUT2D eigenvalue weighted by Gasteiger charge is 2.44. The molecule has 33 heavy (non-hydrogen) atoms. The van der Waals surface area contributed by atoms with Gasteiger partial charge in [0.25, 0.3) is 5.91 Å². The van der Waals surface area contributed by atoms with Crippen molar-refractivity contribution in [2.75, 3.05) is 26.8 Å². The normalized spacial score (nSPS) is 18.9. The van der Waals surface area contributed by atoms with Gasteiger partial charge in [-0.05, 0) is 80.3 Å². The number of aryl methyl sites for hydroxylation is 1. The van der Waals surface area contributed by atoms with Gasteiger partial charge in [-0.1, -0.05) is 12.8 Å². The lowest BCUT2D eigenvalue weighted by Gasteiger charge is -2.43. The van der Waals surface area contributed by atoms with Crippen LogP contribution in [0.25, 0.3) is 0 Å². The lowest BCUT2D eigenvalue weighted by atomic mass is 9.73. The van der Waals surface area contributed by atoms with Crippen LogP contribution < -0.4 is 14.2 Å². The fourth-order valence-corrected chi connectivity index (χ4v) is 6.68. The van der Waals surface area contributed by atoms with Crippen molar-refractivity contribution in [1.82, 2.24) is 9.62 Å². The van der Waals surface area contributed by atoms with Gasteiger partial charge in [-0.3, -0.25) is 4.79 Å². The van der Waals surface area contributed by atoms with Crippen LogP contribution in [0.3, 0.4) is 0 Å². The molecule has 0 aromatic heterocycles. The standard InChI is InChI=1S/C25H30N2O5S/c1-16-10-18(12-23(17(16)2)33(29,30)26-3)24(28)27-14-19-11-21-22(32-9-8-31-21)13-20(19)25(15-27)6-4-5-7-25/h10-13,26H,4-9,14-15H2,1-3H3. The Morgan fingerprint density at radius 1 is 1.03 bits per heavy atom. The molecule has 1 amide bonds. The SMILES string of the molecule is CNS(=O)(=O)c1cc(C(=O)N2Cc3cc4c(cc3C3(CCCC3)C2)OCCO4)cc(C)c1C. The van der Waals surface area contributed by atoms with Gasteiger partial charge in [-0.15, -0.1) is 0 Å². The van der Waals surface area contributed by atoms with Crippen LogP contribution in [0, 0.1) is 13.8 Å². The van der Waals surface area contributed by atoms with Crippen molar-refractivity contribution in [2.45, 2.75) is 56.4 Å². The predicted octanol–water partition coefficient (Wildman–Crippen LogP) is 3.45. The van der Waals surface area contributed by atoms with E-state index in [4.69, 9.17) is 9.47 Å². The van der Waals surface area contributed by atoms with E-state index in [9.17, 15) is 13.2 Å². The lowest BCUT2D eigenvalue weighted by molar-refractivity contribution is 0.0668. The van der Waals surface area contributed by atoms with Crippen LogP contribution in [-0.2, 0) is 22.0 Å². The van der Waals surface area contributed by atoms with Crippen molar-refractivity contribution in [3.63, 3.8) is 0 Å². The number of rotatable bonds is 3. The highest BCUT2D eigenvalue weighted by molar-refractivity contribution is 7.89. The summed E-state index contributed by atoms with van der Waals surface area (Å²) in [5.74, 6) is 1.38. The first-order valence-electron chi connectivity index (χ1n) is 11.5. The van der Waals surface area contributed by atoms with E-state index in [1.807, 2.05) is 17.9 Å². The molecule has 0 saturated heterocycles. The second kappa shape index (κ2) is 8.02. The van der Waals surface area contributed by atoms with Gasteiger partial charge in [0.15, 0.2) is 11.5 Å². The number of nitrogens with zero attached hydrogens (tertiary/aromatic N) is 1. The van der Waals surface area contributed by atoms with Crippen molar-refractivity contribution in [1.29, 1.82) is 0 Å². The smallest absolute Gasteiger partial charge is 0.254 e. The lowest BCUT2D eigenvalue weighted by Crippen LogP contribution is -2.47. The summed E-state index contributed by atoms with van der Waals surface area (Å²) in [6, 6.07) is 7.47. The van der Waals surface area contributed by atoms with Crippen molar-refractivity contribution in [2.24, 2.45) is 0 Å². The van der Waals surface area contributed by atoms with Crippen molar-refractivity contribution in [3.8, 4) is 11.5 Å². The van der Waals surface area contributed by atoms with E-state index in [0.717, 1.165) is 48.3 Å². The van der Waals surface area contributed by atoms with Crippen LogP contribution in [0.15, 0.2) is 29.2 Å². The zero-order valence-electron chi connectivity index (χ0n) is 19.4. The van der Waals surface area contributed by atoms with E-state index in [2.05, 4.69) is 10.8 Å². The fraction of sp³-hybridized carbons (Fsp3) is 0.480. The summed E-state index contributed by atoms with van der Waals surface area (Å²) >= 11 is 0. The summed E-state index contributed by atoms with van der Waals surface area (Å²) < 4.78 is 39.2. The predicted molar refractivity (Wildman–Crippen MR) is 124 cm³/mol. The Morgan fingerprint density at radius 2 is 1.70 bits per heavy atom. The zero-order chi connectivity index (χ0) is 23.4. The number of nitrogens with one attached hydrogen (secondary N) is 1. The fourth-order valence-electron chi connectivity index (χ4n) is 5.61. The largest absolute Gasteiger partial charge is 0.486 e. The monoisotopic (exact) mass is 470 g/mol. The topological polar surface area (TPSA) is 84.9 Å². The van der Waals surface area contributed by atoms with E-state index in [-0.39, 0.29) is 16.2 Å². The van der Waals surface area contributed by atoms with E-state index < -0.39 is 10.0 Å². The molecule has 0 radical (unpaired) electrons. The molecule has 2 heterocycles. The first-order chi connectivity index (χ1) is 15.7. The average molecular weight is 471 g/mol. The molecule has 7 nitrogen and oxygen atoms in total. The Morgan fingerprint density at radius 3 is 2.36 bits per heavy atom. The Hall–Kier alpha value is -2.58. The molecule has 1 aliphatic carbocycles. The number of carbonyl (C=O) groups excluding carboxylic acids is 1. The summed E-state index contributed by atoms with van der Waals surface area (Å²) in [6.07, 6.45) is 4.31. The number of ether oxygens (including phenoxy) is 2. The quantitative estimate of drug-likeness (QED) is 0.743. The summed E-state index contributed by atoms with van der Waals surface area (Å²) in [6.45, 7) is 5.77. The van der Waals surface area contributed by atoms with Crippen LogP contribution in [0.2, 0.25) is 0 Å². The van der Waals surface area contributed by atoms with Crippen molar-refractivity contribution in [3.05, 3.63) is 52.1 Å². The molecule has 2 aromatic rings. The third-order valence-electron chi connectivity index (χ3n) is 7.47. The van der Waals surface area contributed by atoms with Crippen molar-refractivity contribution >= 4 is 15.9 Å². The minimum absolute atomic E-state index is 0.0985. The molecule has 176 valence electrons. The molecule has 1 fully saturated rings. The maximum atomic E-state index is 13.7. The minimum atomic E-state index is -3.67. The first-order valence-corrected chi connectivity index (χ1v) is 13.0. The van der Waals surface area contributed by atoms with Gasteiger partial charge in [0.1, 0.15) is 13.2 Å². The van der Waals surface area contributed by atoms with Gasteiger partial charge in [0.2, 0.25) is 10.0 Å². The third-order valence-corrected chi connectivity index (χ3v) is 9.01. The highest BCUT2D eigenvalue weighted by atomic mass is 32.2. The summed E-state index contributed by atoms with van der Waals surface area (Å²) in [7, 11) is -2.28. The van der Waals surface area contributed by atoms with Crippen LogP contribution >= 0.6 is 0 Å². The van der Waals surface area contributed by atoms with Crippen LogP contribution in [0.4, 0.5) is 0 Å². The van der Waals surface area contributed by atoms with Gasteiger partial charge in [0, 0.05) is 24.1 Å². The molecule has 8 heteroatoms. The molecular weight excluding hydrogens is 440 g/mol. The minimum Gasteiger partial charge on any atom is -0.486 e. The van der Waals surface area contributed by atoms with Gasteiger partial charge in [-0.2, -0.15) is 0 Å². The number of sulfonamides is 1. The Kier molecular flexibility index (Phi) is 5.40. The molecule has 2 aliphatic heterocycles. The number of hydrogen-bond donors (Lipinski definition) is 1. The molecule has 1 spiro atoms. The Labute approximate surface area is 195 Å². The van der Waals surface area contributed by atoms with Crippen LogP contribution in [0.5, 0.6) is 11.5 Å². The first kappa shape index (κ1) is 22.2. The Bertz CT molecular complexity index is 1230. The molecule has 1 saturated carbocycles. The second-order valence-electron chi connectivity index (χ2n) is 9.43. The van der Waals surface area contributed by atoms with E-state index in [1.54, 1.807) is 13.0 Å². The van der Waals surface area contributed by atoms with Crippen LogP contribution in [-0.4, -0.2) is 46.0 Å². The van der Waals surface area contributed by atoms with Gasteiger partial charge < -0.3 is 14.4 Å². The Balaban J connectivity index is 1.56. The average Bonchev–Trinajstić information content (AvgIpc) is 3.27.